The van der Waals surface area contributed by atoms with Crippen molar-refractivity contribution in [1.82, 2.24) is 20.2 Å². The molecule has 2 aliphatic rings. The molecule has 2 aliphatic heterocycles. The number of aliphatic hydroxyl groups is 1. The van der Waals surface area contributed by atoms with Crippen molar-refractivity contribution in [3.05, 3.63) is 99.4 Å². The molecule has 4 heterocycles. The van der Waals surface area contributed by atoms with E-state index in [0.717, 1.165) is 28.8 Å². The van der Waals surface area contributed by atoms with E-state index >= 15 is 4.39 Å². The Labute approximate surface area is 271 Å². The summed E-state index contributed by atoms with van der Waals surface area (Å²) < 4.78 is 15.6. The highest BCUT2D eigenvalue weighted by atomic mass is 35.5. The van der Waals surface area contributed by atoms with Gasteiger partial charge in [0, 0.05) is 43.0 Å². The number of benzene rings is 1. The van der Waals surface area contributed by atoms with E-state index in [0.29, 0.717) is 48.1 Å². The highest BCUT2D eigenvalue weighted by Gasteiger charge is 2.45. The topological polar surface area (TPSA) is 93.6 Å². The first kappa shape index (κ1) is 33.9. The third kappa shape index (κ3) is 6.70. The molecule has 0 saturated carbocycles. The molecular formula is C35H44ClFN6O2. The molecule has 1 saturated heterocycles. The molecule has 1 fully saturated rings. The summed E-state index contributed by atoms with van der Waals surface area (Å²) in [7, 11) is 0. The first-order valence-corrected chi connectivity index (χ1v) is 15.9. The van der Waals surface area contributed by atoms with Crippen LogP contribution in [0, 0.1) is 12.7 Å². The molecule has 1 amide bonds. The van der Waals surface area contributed by atoms with Gasteiger partial charge in [-0.15, -0.1) is 0 Å². The standard InChI is InChI=1S/C33H38ClFN6O2.C2H6/c1-6-20(3)13-36-26(7-2)32(43)40-16-23(17-40)39-31-21(4)29-27(15-38-31)41(28-12-11-22(18-42)14-37-28)19-33(29,5)24-9-8-10-25(34)30(24)35;1-2/h7-15,23,36,42H,6,16-19H2,1-5H3,(H,38,39);1-2H3/b20-13?,26-7-;/t33-;/m1./s1. The number of carbonyl (C=O) groups excluding carboxylic acids is 1. The van der Waals surface area contributed by atoms with Crippen LogP contribution in [0.25, 0.3) is 0 Å². The molecular weight excluding hydrogens is 591 g/mol. The Morgan fingerprint density at radius 1 is 1.20 bits per heavy atom. The monoisotopic (exact) mass is 634 g/mol. The minimum absolute atomic E-state index is 0.0265. The quantitative estimate of drug-likeness (QED) is 0.219. The number of nitrogens with one attached hydrogen (secondary N) is 2. The highest BCUT2D eigenvalue weighted by molar-refractivity contribution is 6.30. The zero-order valence-electron chi connectivity index (χ0n) is 27.2. The van der Waals surface area contributed by atoms with Crippen LogP contribution in [0.4, 0.5) is 21.7 Å². The van der Waals surface area contributed by atoms with E-state index in [1.807, 2.05) is 64.8 Å². The second kappa shape index (κ2) is 14.4. The predicted octanol–water partition coefficient (Wildman–Crippen LogP) is 6.98. The number of anilines is 3. The first-order valence-electron chi connectivity index (χ1n) is 15.5. The van der Waals surface area contributed by atoms with Crippen LogP contribution in [0.2, 0.25) is 5.02 Å². The number of carbonyl (C=O) groups is 1. The number of hydrogen-bond acceptors (Lipinski definition) is 7. The Kier molecular flexibility index (Phi) is 10.9. The Morgan fingerprint density at radius 2 is 1.93 bits per heavy atom. The van der Waals surface area contributed by atoms with E-state index in [1.54, 1.807) is 41.6 Å². The molecule has 10 heteroatoms. The fourth-order valence-corrected chi connectivity index (χ4v) is 5.99. The molecule has 1 atom stereocenters. The second-order valence-corrected chi connectivity index (χ2v) is 11.8. The van der Waals surface area contributed by atoms with Gasteiger partial charge in [0.1, 0.15) is 17.5 Å². The molecule has 0 spiro atoms. The molecule has 1 aromatic carbocycles. The number of pyridine rings is 2. The van der Waals surface area contributed by atoms with Crippen molar-refractivity contribution >= 4 is 34.8 Å². The summed E-state index contributed by atoms with van der Waals surface area (Å²) in [5, 5.41) is 16.2. The Hall–Kier alpha value is -3.95. The van der Waals surface area contributed by atoms with Gasteiger partial charge >= 0.3 is 0 Å². The molecule has 2 aromatic heterocycles. The molecule has 3 N–H and O–H groups in total. The minimum atomic E-state index is -0.761. The van der Waals surface area contributed by atoms with Crippen molar-refractivity contribution in [2.75, 3.05) is 29.9 Å². The number of amides is 1. The van der Waals surface area contributed by atoms with Crippen molar-refractivity contribution in [1.29, 1.82) is 0 Å². The first-order chi connectivity index (χ1) is 21.6. The van der Waals surface area contributed by atoms with E-state index in [9.17, 15) is 9.90 Å². The largest absolute Gasteiger partial charge is 0.392 e. The summed E-state index contributed by atoms with van der Waals surface area (Å²) in [5.41, 5.74) is 4.82. The molecule has 0 unspecified atom stereocenters. The van der Waals surface area contributed by atoms with Gasteiger partial charge in [0.25, 0.3) is 5.91 Å². The molecule has 0 radical (unpaired) electrons. The summed E-state index contributed by atoms with van der Waals surface area (Å²) >= 11 is 6.26. The fourth-order valence-electron chi connectivity index (χ4n) is 5.82. The van der Waals surface area contributed by atoms with Crippen LogP contribution in [0.5, 0.6) is 0 Å². The summed E-state index contributed by atoms with van der Waals surface area (Å²) in [5.74, 6) is 0.885. The van der Waals surface area contributed by atoms with Gasteiger partial charge in [-0.25, -0.2) is 14.4 Å². The predicted molar refractivity (Wildman–Crippen MR) is 180 cm³/mol. The fraction of sp³-hybridized carbons (Fsp3) is 0.400. The second-order valence-electron chi connectivity index (χ2n) is 11.4. The van der Waals surface area contributed by atoms with E-state index in [-0.39, 0.29) is 23.6 Å². The molecule has 5 rings (SSSR count). The van der Waals surface area contributed by atoms with E-state index in [1.165, 1.54) is 0 Å². The Bertz CT molecular complexity index is 1590. The van der Waals surface area contributed by atoms with Crippen molar-refractivity contribution in [2.45, 2.75) is 73.0 Å². The molecule has 0 aliphatic carbocycles. The number of nitrogens with zero attached hydrogens (tertiary/aromatic N) is 4. The number of hydrogen-bond donors (Lipinski definition) is 3. The number of halogens is 2. The summed E-state index contributed by atoms with van der Waals surface area (Å²) in [6.07, 6.45) is 8.02. The summed E-state index contributed by atoms with van der Waals surface area (Å²) in [4.78, 5) is 26.2. The lowest BCUT2D eigenvalue weighted by molar-refractivity contribution is -0.131. The normalized spacial score (nSPS) is 18.2. The maximum absolute atomic E-state index is 15.6. The van der Waals surface area contributed by atoms with Crippen LogP contribution in [0.15, 0.2) is 66.3 Å². The van der Waals surface area contributed by atoms with Gasteiger partial charge in [0.2, 0.25) is 0 Å². The van der Waals surface area contributed by atoms with Crippen LogP contribution in [0.1, 0.15) is 70.2 Å². The number of fused-ring (bicyclic) bond motifs is 1. The number of allylic oxidation sites excluding steroid dienone is 2. The average molecular weight is 635 g/mol. The summed E-state index contributed by atoms with van der Waals surface area (Å²) in [6, 6.07) is 8.81. The zero-order valence-corrected chi connectivity index (χ0v) is 28.0. The van der Waals surface area contributed by atoms with Gasteiger partial charge in [0.15, 0.2) is 0 Å². The zero-order chi connectivity index (χ0) is 32.9. The van der Waals surface area contributed by atoms with Gasteiger partial charge in [-0.3, -0.25) is 4.79 Å². The van der Waals surface area contributed by atoms with Crippen LogP contribution in [0.3, 0.4) is 0 Å². The highest BCUT2D eigenvalue weighted by Crippen LogP contribution is 2.51. The van der Waals surface area contributed by atoms with Crippen molar-refractivity contribution < 1.29 is 14.3 Å². The minimum Gasteiger partial charge on any atom is -0.392 e. The maximum atomic E-state index is 15.6. The van der Waals surface area contributed by atoms with E-state index in [2.05, 4.69) is 22.5 Å². The molecule has 240 valence electrons. The van der Waals surface area contributed by atoms with Crippen LogP contribution in [-0.4, -0.2) is 51.6 Å². The smallest absolute Gasteiger partial charge is 0.270 e. The van der Waals surface area contributed by atoms with Gasteiger partial charge in [-0.1, -0.05) is 62.2 Å². The SMILES string of the molecule is C/C=C(\NC=C(C)CC)C(=O)N1CC(Nc2ncc3c(c2C)[C@@](C)(c2cccc(Cl)c2F)CN3c2ccc(CO)cn2)C1.CC. The number of rotatable bonds is 9. The Morgan fingerprint density at radius 3 is 2.56 bits per heavy atom. The third-order valence-corrected chi connectivity index (χ3v) is 8.79. The van der Waals surface area contributed by atoms with Gasteiger partial charge < -0.3 is 25.5 Å². The van der Waals surface area contributed by atoms with Gasteiger partial charge in [-0.2, -0.15) is 0 Å². The lowest BCUT2D eigenvalue weighted by atomic mass is 9.76. The Balaban J connectivity index is 0.00000226. The van der Waals surface area contributed by atoms with E-state index in [4.69, 9.17) is 16.6 Å². The van der Waals surface area contributed by atoms with Crippen molar-refractivity contribution in [2.24, 2.45) is 0 Å². The maximum Gasteiger partial charge on any atom is 0.270 e. The lowest BCUT2D eigenvalue weighted by Crippen LogP contribution is -2.58. The van der Waals surface area contributed by atoms with Crippen LogP contribution in [-0.2, 0) is 16.8 Å². The lowest BCUT2D eigenvalue weighted by Gasteiger charge is -2.40. The number of likely N-dealkylation sites (tertiary alicyclic amines) is 1. The molecule has 0 bridgehead atoms. The average Bonchev–Trinajstić information content (AvgIpc) is 3.35. The molecule has 8 nitrogen and oxygen atoms in total. The van der Waals surface area contributed by atoms with Crippen LogP contribution < -0.4 is 15.5 Å². The van der Waals surface area contributed by atoms with Gasteiger partial charge in [0.05, 0.1) is 35.3 Å². The van der Waals surface area contributed by atoms with Crippen LogP contribution >= 0.6 is 11.6 Å². The number of aliphatic hydroxyl groups excluding tert-OH is 1. The summed E-state index contributed by atoms with van der Waals surface area (Å²) in [6.45, 7) is 15.4. The van der Waals surface area contributed by atoms with Crippen molar-refractivity contribution in [3.63, 3.8) is 0 Å². The molecule has 3 aromatic rings. The number of aromatic nitrogens is 2. The van der Waals surface area contributed by atoms with Gasteiger partial charge in [-0.05, 0) is 62.9 Å². The van der Waals surface area contributed by atoms with E-state index < -0.39 is 11.2 Å². The third-order valence-electron chi connectivity index (χ3n) is 8.49. The van der Waals surface area contributed by atoms with Crippen molar-refractivity contribution in [3.8, 4) is 0 Å². The molecule has 45 heavy (non-hydrogen) atoms.